The van der Waals surface area contributed by atoms with E-state index >= 15 is 0 Å². The molecule has 16 heteroatoms. The summed E-state index contributed by atoms with van der Waals surface area (Å²) in [7, 11) is 2.32. The Morgan fingerprint density at radius 3 is 1.86 bits per heavy atom. The summed E-state index contributed by atoms with van der Waals surface area (Å²) in [4.78, 5) is 68.1. The molecule has 0 bridgehead atoms. The fourth-order valence-electron chi connectivity index (χ4n) is 5.30. The molecular formula is C21H18N4O10S2. The summed E-state index contributed by atoms with van der Waals surface area (Å²) < 4.78 is 26.7. The van der Waals surface area contributed by atoms with Crippen LogP contribution in [0.5, 0.6) is 0 Å². The van der Waals surface area contributed by atoms with Crippen LogP contribution in [0, 0.1) is 5.92 Å². The molecule has 6 heterocycles. The van der Waals surface area contributed by atoms with Gasteiger partial charge in [0.05, 0.1) is 12.2 Å². The molecule has 0 saturated carbocycles. The summed E-state index contributed by atoms with van der Waals surface area (Å²) in [6, 6.07) is 1.19. The summed E-state index contributed by atoms with van der Waals surface area (Å²) in [5, 5.41) is 4.42. The zero-order valence-corrected chi connectivity index (χ0v) is 20.3. The fraction of sp³-hybridized carbons (Fsp3) is 0.381. The molecule has 37 heavy (non-hydrogen) atoms. The van der Waals surface area contributed by atoms with E-state index < -0.39 is 71.7 Å². The quantitative estimate of drug-likeness (QED) is 0.290. The van der Waals surface area contributed by atoms with Gasteiger partial charge in [-0.15, -0.1) is 0 Å². The molecule has 0 aromatic carbocycles. The van der Waals surface area contributed by atoms with E-state index in [1.807, 2.05) is 0 Å². The Bertz CT molecular complexity index is 1160. The van der Waals surface area contributed by atoms with Gasteiger partial charge in [0, 0.05) is 5.75 Å². The summed E-state index contributed by atoms with van der Waals surface area (Å²) in [5.41, 5.74) is -2.10. The summed E-state index contributed by atoms with van der Waals surface area (Å²) in [6.07, 6.45) is 3.74. The number of carbonyl (C=O) groups is 5. The third-order valence-electron chi connectivity index (χ3n) is 6.60. The lowest BCUT2D eigenvalue weighted by Crippen LogP contribution is -2.83. The number of Topliss-reactive ketones (excluding diaryl/α,β-unsaturated/α-hetero) is 1. The van der Waals surface area contributed by atoms with Crippen LogP contribution in [0.2, 0.25) is 0 Å². The minimum atomic E-state index is -2.10. The van der Waals surface area contributed by atoms with Crippen molar-refractivity contribution in [2.75, 3.05) is 18.8 Å². The Morgan fingerprint density at radius 1 is 0.892 bits per heavy atom. The molecule has 0 radical (unpaired) electrons. The van der Waals surface area contributed by atoms with Gasteiger partial charge in [0.25, 0.3) is 12.6 Å². The average molecular weight is 551 g/mol. The third kappa shape index (κ3) is 3.24. The molecular weight excluding hydrogens is 532 g/mol. The van der Waals surface area contributed by atoms with Crippen LogP contribution in [0.15, 0.2) is 47.9 Å². The van der Waals surface area contributed by atoms with E-state index in [9.17, 15) is 24.0 Å². The topological polar surface area (TPSA) is 166 Å². The van der Waals surface area contributed by atoms with E-state index in [4.69, 9.17) is 23.4 Å². The molecule has 3 fully saturated rings. The number of ether oxygens (including phenoxy) is 4. The van der Waals surface area contributed by atoms with Crippen molar-refractivity contribution in [2.24, 2.45) is 5.92 Å². The second-order valence-corrected chi connectivity index (χ2v) is 11.0. The van der Waals surface area contributed by atoms with Crippen molar-refractivity contribution in [3.05, 3.63) is 49.2 Å². The van der Waals surface area contributed by atoms with Crippen LogP contribution < -0.4 is 10.6 Å². The van der Waals surface area contributed by atoms with Gasteiger partial charge in [-0.2, -0.15) is 0 Å². The second-order valence-electron chi connectivity index (χ2n) is 8.41. The number of furan rings is 1. The smallest absolute Gasteiger partial charge is 0.326 e. The molecule has 14 nitrogen and oxygen atoms in total. The normalized spacial score (nSPS) is 26.5. The van der Waals surface area contributed by atoms with Crippen LogP contribution in [0.4, 0.5) is 9.59 Å². The Morgan fingerprint density at radius 2 is 1.43 bits per heavy atom. The standard InChI is InChI=1S/C21H18N4O10S2/c26-13-8-24(18(29)22-13)21(25-9-14(27)23-19(25)30)11(15(28)12-2-1-3-31-12)10-36-37-20(21,16-32-4-5-33-16)17-34-6-7-35-17/h1-7,11,16-17H,8-10H2,(H,22,26,29)(H,23,27,30). The Kier molecular flexibility index (Phi) is 5.52. The van der Waals surface area contributed by atoms with E-state index in [1.165, 1.54) is 54.2 Å². The maximum atomic E-state index is 14.1. The second kappa shape index (κ2) is 8.65. The third-order valence-corrected chi connectivity index (χ3v) is 9.74. The van der Waals surface area contributed by atoms with Gasteiger partial charge in [0.2, 0.25) is 22.3 Å². The number of carbonyl (C=O) groups excluding carboxylic acids is 5. The fourth-order valence-corrected chi connectivity index (χ4v) is 8.98. The van der Waals surface area contributed by atoms with E-state index in [2.05, 4.69) is 10.6 Å². The van der Waals surface area contributed by atoms with Crippen molar-refractivity contribution in [1.29, 1.82) is 0 Å². The first-order chi connectivity index (χ1) is 17.9. The first kappa shape index (κ1) is 23.6. The largest absolute Gasteiger partial charge is 0.461 e. The highest BCUT2D eigenvalue weighted by Crippen LogP contribution is 2.63. The zero-order valence-electron chi connectivity index (χ0n) is 18.7. The van der Waals surface area contributed by atoms with Gasteiger partial charge < -0.3 is 23.4 Å². The summed E-state index contributed by atoms with van der Waals surface area (Å²) in [6.45, 7) is -1.07. The van der Waals surface area contributed by atoms with Crippen molar-refractivity contribution in [1.82, 2.24) is 20.4 Å². The van der Waals surface area contributed by atoms with Crippen molar-refractivity contribution in [3.63, 3.8) is 0 Å². The molecule has 1 unspecified atom stereocenters. The van der Waals surface area contributed by atoms with Gasteiger partial charge >= 0.3 is 12.1 Å². The first-order valence-corrected chi connectivity index (χ1v) is 13.2. The molecule has 0 spiro atoms. The van der Waals surface area contributed by atoms with Gasteiger partial charge in [0.1, 0.15) is 38.1 Å². The van der Waals surface area contributed by atoms with Crippen LogP contribution in [-0.2, 0) is 28.5 Å². The lowest BCUT2D eigenvalue weighted by atomic mass is 9.74. The van der Waals surface area contributed by atoms with E-state index in [-0.39, 0.29) is 11.5 Å². The lowest BCUT2D eigenvalue weighted by Gasteiger charge is -2.61. The molecule has 194 valence electrons. The number of ketones is 1. The van der Waals surface area contributed by atoms with Crippen molar-refractivity contribution in [3.8, 4) is 0 Å². The highest BCUT2D eigenvalue weighted by molar-refractivity contribution is 8.77. The summed E-state index contributed by atoms with van der Waals surface area (Å²) >= 11 is 0. The monoisotopic (exact) mass is 550 g/mol. The molecule has 5 aliphatic rings. The summed E-state index contributed by atoms with van der Waals surface area (Å²) in [5.74, 6) is -3.20. The van der Waals surface area contributed by atoms with Crippen molar-refractivity contribution < 1.29 is 47.3 Å². The van der Waals surface area contributed by atoms with Crippen LogP contribution in [0.3, 0.4) is 0 Å². The van der Waals surface area contributed by atoms with Crippen LogP contribution in [-0.4, -0.2) is 81.3 Å². The molecule has 2 N–H and O–H groups in total. The highest BCUT2D eigenvalue weighted by atomic mass is 33.1. The molecule has 1 aromatic rings. The van der Waals surface area contributed by atoms with Crippen LogP contribution >= 0.6 is 21.6 Å². The average Bonchev–Trinajstić information content (AvgIpc) is 3.70. The molecule has 1 aromatic heterocycles. The van der Waals surface area contributed by atoms with E-state index in [1.54, 1.807) is 0 Å². The van der Waals surface area contributed by atoms with Gasteiger partial charge in [-0.05, 0) is 12.1 Å². The number of hydrogen-bond acceptors (Lipinski definition) is 12. The van der Waals surface area contributed by atoms with Gasteiger partial charge in [-0.3, -0.25) is 34.8 Å². The predicted octanol–water partition coefficient (Wildman–Crippen LogP) is 0.700. The Hall–Kier alpha value is -3.79. The number of amides is 6. The predicted molar refractivity (Wildman–Crippen MR) is 123 cm³/mol. The number of rotatable bonds is 6. The number of nitrogens with one attached hydrogen (secondary N) is 2. The highest BCUT2D eigenvalue weighted by Gasteiger charge is 2.79. The molecule has 1 atom stereocenters. The van der Waals surface area contributed by atoms with Crippen molar-refractivity contribution in [2.45, 2.75) is 23.0 Å². The molecule has 5 aliphatic heterocycles. The van der Waals surface area contributed by atoms with E-state index in [0.29, 0.717) is 0 Å². The molecule has 3 saturated heterocycles. The number of hydrogen-bond donors (Lipinski definition) is 2. The zero-order chi connectivity index (χ0) is 25.8. The maximum absolute atomic E-state index is 14.1. The van der Waals surface area contributed by atoms with E-state index in [0.717, 1.165) is 20.6 Å². The maximum Gasteiger partial charge on any atom is 0.326 e. The number of urea groups is 2. The number of nitrogens with zero attached hydrogens (tertiary/aromatic N) is 2. The molecule has 0 aliphatic carbocycles. The Labute approximate surface area is 216 Å². The Balaban J connectivity index is 1.66. The van der Waals surface area contributed by atoms with Gasteiger partial charge in [-0.1, -0.05) is 21.6 Å². The number of imide groups is 2. The van der Waals surface area contributed by atoms with Crippen LogP contribution in [0.1, 0.15) is 10.6 Å². The SMILES string of the molecule is O=C1CN(C2(N3CC(=O)NC3=O)C(C(=O)c3ccco3)CSSC2(C2OC=CO2)C2OC=CO2)C(=O)N1. The first-order valence-electron chi connectivity index (χ1n) is 10.9. The van der Waals surface area contributed by atoms with Crippen LogP contribution in [0.25, 0.3) is 0 Å². The molecule has 6 rings (SSSR count). The van der Waals surface area contributed by atoms with Gasteiger partial charge in [-0.25, -0.2) is 9.59 Å². The minimum absolute atomic E-state index is 0.0438. The minimum Gasteiger partial charge on any atom is -0.461 e. The lowest BCUT2D eigenvalue weighted by molar-refractivity contribution is -0.210. The van der Waals surface area contributed by atoms with Crippen molar-refractivity contribution >= 4 is 51.2 Å². The molecule has 6 amide bonds. The van der Waals surface area contributed by atoms with Gasteiger partial charge in [0.15, 0.2) is 11.4 Å².